The van der Waals surface area contributed by atoms with E-state index < -0.39 is 29.7 Å². The van der Waals surface area contributed by atoms with E-state index in [0.717, 1.165) is 11.9 Å². The summed E-state index contributed by atoms with van der Waals surface area (Å²) in [5, 5.41) is 5.20. The lowest BCUT2D eigenvalue weighted by molar-refractivity contribution is 0.102. The lowest BCUT2D eigenvalue weighted by atomic mass is 10.0. The zero-order valence-electron chi connectivity index (χ0n) is 19.1. The summed E-state index contributed by atoms with van der Waals surface area (Å²) in [6.07, 6.45) is 0.0786. The number of amides is 2. The summed E-state index contributed by atoms with van der Waals surface area (Å²) in [5.74, 6) is -0.884. The molecule has 2 amide bonds. The molecule has 0 aliphatic heterocycles. The molecule has 35 heavy (non-hydrogen) atoms. The van der Waals surface area contributed by atoms with Gasteiger partial charge in [0.05, 0.1) is 16.8 Å². The molecule has 3 aromatic rings. The third kappa shape index (κ3) is 5.51. The molecule has 0 bridgehead atoms. The molecule has 10 heteroatoms. The van der Waals surface area contributed by atoms with Gasteiger partial charge in [-0.2, -0.15) is 0 Å². The van der Waals surface area contributed by atoms with Crippen molar-refractivity contribution in [3.05, 3.63) is 87.6 Å². The molecule has 0 spiro atoms. The highest BCUT2D eigenvalue weighted by Crippen LogP contribution is 2.36. The van der Waals surface area contributed by atoms with Gasteiger partial charge in [0.25, 0.3) is 5.91 Å². The summed E-state index contributed by atoms with van der Waals surface area (Å²) in [6.45, 7) is -0.0434. The van der Waals surface area contributed by atoms with Crippen LogP contribution >= 0.6 is 11.6 Å². The van der Waals surface area contributed by atoms with E-state index in [9.17, 15) is 18.4 Å². The monoisotopic (exact) mass is 500 g/mol. The quantitative estimate of drug-likeness (QED) is 0.483. The van der Waals surface area contributed by atoms with Crippen molar-refractivity contribution in [3.63, 3.8) is 0 Å². The maximum Gasteiger partial charge on any atom is 0.408 e. The fourth-order valence-corrected chi connectivity index (χ4v) is 4.14. The number of carbonyl (C=O) groups excluding carboxylic acids is 2. The molecule has 1 aliphatic rings. The third-order valence-electron chi connectivity index (χ3n) is 5.65. The number of pyridine rings is 1. The van der Waals surface area contributed by atoms with E-state index in [1.807, 2.05) is 31.1 Å². The number of rotatable bonds is 6. The largest absolute Gasteiger partial charge is 0.443 e. The number of alkyl carbamates (subject to hydrolysis) is 1. The van der Waals surface area contributed by atoms with Crippen molar-refractivity contribution >= 4 is 35.1 Å². The van der Waals surface area contributed by atoms with Gasteiger partial charge in [-0.1, -0.05) is 17.7 Å². The number of halogens is 3. The highest BCUT2D eigenvalue weighted by Gasteiger charge is 2.31. The second-order valence-electron chi connectivity index (χ2n) is 8.26. The second kappa shape index (κ2) is 10.3. The van der Waals surface area contributed by atoms with Crippen LogP contribution in [0.1, 0.15) is 39.6 Å². The number of carbonyl (C=O) groups is 2. The number of hydrogen-bond donors (Lipinski definition) is 2. The molecule has 0 saturated heterocycles. The first-order valence-corrected chi connectivity index (χ1v) is 11.2. The van der Waals surface area contributed by atoms with E-state index in [-0.39, 0.29) is 22.8 Å². The van der Waals surface area contributed by atoms with Crippen LogP contribution in [0, 0.1) is 11.6 Å². The summed E-state index contributed by atoms with van der Waals surface area (Å²) < 4.78 is 33.4. The van der Waals surface area contributed by atoms with Gasteiger partial charge < -0.3 is 20.3 Å². The van der Waals surface area contributed by atoms with E-state index in [4.69, 9.17) is 16.3 Å². The second-order valence-corrected chi connectivity index (χ2v) is 8.67. The molecule has 0 radical (unpaired) electrons. The molecular weight excluding hydrogens is 478 g/mol. The van der Waals surface area contributed by atoms with Gasteiger partial charge in [-0.15, -0.1) is 0 Å². The van der Waals surface area contributed by atoms with E-state index in [0.29, 0.717) is 29.8 Å². The Labute approximate surface area is 206 Å². The third-order valence-corrected chi connectivity index (χ3v) is 5.94. The van der Waals surface area contributed by atoms with Crippen LogP contribution in [0.5, 0.6) is 0 Å². The number of fused-ring (bicyclic) bond motifs is 1. The van der Waals surface area contributed by atoms with Gasteiger partial charge in [0.1, 0.15) is 24.1 Å². The van der Waals surface area contributed by atoms with Crippen molar-refractivity contribution in [1.82, 2.24) is 10.3 Å². The van der Waals surface area contributed by atoms with E-state index in [2.05, 4.69) is 15.6 Å². The van der Waals surface area contributed by atoms with Gasteiger partial charge in [-0.25, -0.2) is 18.6 Å². The van der Waals surface area contributed by atoms with E-state index in [1.54, 1.807) is 6.07 Å². The fraction of sp³-hybridized carbons (Fsp3) is 0.240. The molecule has 1 atom stereocenters. The normalized spacial score (nSPS) is 14.3. The fourth-order valence-electron chi connectivity index (χ4n) is 3.96. The summed E-state index contributed by atoms with van der Waals surface area (Å²) in [7, 11) is 3.71. The van der Waals surface area contributed by atoms with Gasteiger partial charge in [0.2, 0.25) is 0 Å². The van der Waals surface area contributed by atoms with Gasteiger partial charge in [-0.3, -0.25) is 4.79 Å². The van der Waals surface area contributed by atoms with Crippen LogP contribution in [0.2, 0.25) is 5.02 Å². The molecule has 7 nitrogen and oxygen atoms in total. The van der Waals surface area contributed by atoms with Gasteiger partial charge in [-0.05, 0) is 60.9 Å². The molecule has 1 aromatic heterocycles. The van der Waals surface area contributed by atoms with Crippen LogP contribution in [-0.4, -0.2) is 31.1 Å². The van der Waals surface area contributed by atoms with Gasteiger partial charge >= 0.3 is 6.09 Å². The maximum absolute atomic E-state index is 14.7. The molecule has 1 heterocycles. The zero-order valence-corrected chi connectivity index (χ0v) is 19.8. The minimum atomic E-state index is -0.713. The highest BCUT2D eigenvalue weighted by molar-refractivity contribution is 6.31. The number of aromatic nitrogens is 1. The van der Waals surface area contributed by atoms with Crippen molar-refractivity contribution in [3.8, 4) is 0 Å². The van der Waals surface area contributed by atoms with Crippen LogP contribution in [0.3, 0.4) is 0 Å². The number of nitrogens with zero attached hydrogens (tertiary/aromatic N) is 2. The minimum absolute atomic E-state index is 0.0434. The van der Waals surface area contributed by atoms with E-state index >= 15 is 0 Å². The van der Waals surface area contributed by atoms with Crippen molar-refractivity contribution in [2.45, 2.75) is 25.5 Å². The number of nitrogens with one attached hydrogen (secondary N) is 2. The molecule has 182 valence electrons. The number of ether oxygens (including phenoxy) is 1. The molecule has 0 saturated carbocycles. The Bertz CT molecular complexity index is 1290. The Kier molecular flexibility index (Phi) is 7.16. The first-order chi connectivity index (χ1) is 16.7. The summed E-state index contributed by atoms with van der Waals surface area (Å²) in [6, 6.07) is 11.1. The molecule has 0 unspecified atom stereocenters. The Hall–Kier alpha value is -3.72. The first-order valence-electron chi connectivity index (χ1n) is 10.9. The van der Waals surface area contributed by atoms with Crippen molar-refractivity contribution < 1.29 is 23.1 Å². The maximum atomic E-state index is 14.7. The summed E-state index contributed by atoms with van der Waals surface area (Å²) in [4.78, 5) is 31.5. The average Bonchev–Trinajstić information content (AvgIpc) is 3.24. The Morgan fingerprint density at radius 1 is 1.14 bits per heavy atom. The molecule has 1 aliphatic carbocycles. The Morgan fingerprint density at radius 3 is 2.66 bits per heavy atom. The molecule has 2 aromatic carbocycles. The molecule has 4 rings (SSSR count). The highest BCUT2D eigenvalue weighted by atomic mass is 35.5. The van der Waals surface area contributed by atoms with Gasteiger partial charge in [0.15, 0.2) is 0 Å². The lowest BCUT2D eigenvalue weighted by Crippen LogP contribution is -2.28. The van der Waals surface area contributed by atoms with E-state index in [1.165, 1.54) is 24.3 Å². The van der Waals surface area contributed by atoms with Crippen LogP contribution in [0.25, 0.3) is 0 Å². The number of anilines is 2. The average molecular weight is 501 g/mol. The SMILES string of the molecule is CN(C)c1cccc(COC(=O)N[C@H]2CCc3c(C(=O)Nc4ccc(F)c(Cl)c4)ccc(F)c32)n1. The Morgan fingerprint density at radius 2 is 1.91 bits per heavy atom. The summed E-state index contributed by atoms with van der Waals surface area (Å²) >= 11 is 5.78. The first kappa shape index (κ1) is 24.4. The van der Waals surface area contributed by atoms with Crippen molar-refractivity contribution in [1.29, 1.82) is 0 Å². The minimum Gasteiger partial charge on any atom is -0.443 e. The standard InChI is InChI=1S/C25H23ClF2N4O3/c1-32(2)22-5-3-4-15(29-22)13-35-25(34)31-21-11-8-16-17(7-10-20(28)23(16)21)24(33)30-14-6-9-19(27)18(26)12-14/h3-7,9-10,12,21H,8,11,13H2,1-2H3,(H,30,33)(H,31,34)/t21-/m0/s1. The summed E-state index contributed by atoms with van der Waals surface area (Å²) in [5.41, 5.74) is 1.90. The number of benzene rings is 2. The van der Waals surface area contributed by atoms with Crippen molar-refractivity contribution in [2.24, 2.45) is 0 Å². The predicted octanol–water partition coefficient (Wildman–Crippen LogP) is 5.25. The Balaban J connectivity index is 1.44. The number of hydrogen-bond acceptors (Lipinski definition) is 5. The zero-order chi connectivity index (χ0) is 25.1. The predicted molar refractivity (Wildman–Crippen MR) is 129 cm³/mol. The van der Waals surface area contributed by atoms with Crippen LogP contribution < -0.4 is 15.5 Å². The van der Waals surface area contributed by atoms with Crippen LogP contribution in [0.15, 0.2) is 48.5 Å². The molecule has 2 N–H and O–H groups in total. The molecule has 0 fully saturated rings. The van der Waals surface area contributed by atoms with Gasteiger partial charge in [0, 0.05) is 30.9 Å². The smallest absolute Gasteiger partial charge is 0.408 e. The lowest BCUT2D eigenvalue weighted by Gasteiger charge is -2.16. The van der Waals surface area contributed by atoms with Crippen LogP contribution in [-0.2, 0) is 17.8 Å². The van der Waals surface area contributed by atoms with Crippen molar-refractivity contribution in [2.75, 3.05) is 24.3 Å². The topological polar surface area (TPSA) is 83.6 Å². The molecular formula is C25H23ClF2N4O3. The van der Waals surface area contributed by atoms with Crippen LogP contribution in [0.4, 0.5) is 25.1 Å².